The molecule has 0 aliphatic heterocycles. The maximum Gasteiger partial charge on any atom is 0.160 e. The minimum atomic E-state index is -0.586. The average Bonchev–Trinajstić information content (AvgIpc) is 2.03. The van der Waals surface area contributed by atoms with Gasteiger partial charge in [0.05, 0.1) is 5.56 Å². The molecule has 3 heteroatoms. The maximum atomic E-state index is 13.0. The fourth-order valence-corrected chi connectivity index (χ4v) is 1.16. The largest absolute Gasteiger partial charge is 0.298 e. The number of aldehydes is 1. The highest BCUT2D eigenvalue weighted by Gasteiger charge is 2.09. The first-order chi connectivity index (χ1) is 6.06. The lowest BCUT2D eigenvalue weighted by atomic mass is 10.0. The van der Waals surface area contributed by atoms with E-state index in [9.17, 15) is 14.0 Å². The van der Waals surface area contributed by atoms with Gasteiger partial charge in [-0.25, -0.2) is 4.39 Å². The zero-order chi connectivity index (χ0) is 10.0. The number of carbonyl (C=O) groups is 2. The Bertz CT molecular complexity index is 369. The number of Topliss-reactive ketones (excluding diaryl/α,β-unsaturated/α-hetero) is 1. The second-order valence-electron chi connectivity index (χ2n) is 2.86. The average molecular weight is 180 g/mol. The molecule has 0 aliphatic rings. The van der Waals surface area contributed by atoms with E-state index in [1.807, 2.05) is 0 Å². The lowest BCUT2D eigenvalue weighted by Gasteiger charge is -2.03. The minimum absolute atomic E-state index is 0.0733. The maximum absolute atomic E-state index is 13.0. The van der Waals surface area contributed by atoms with Crippen molar-refractivity contribution in [3.63, 3.8) is 0 Å². The number of carbonyl (C=O) groups excluding carboxylic acids is 2. The van der Waals surface area contributed by atoms with Crippen LogP contribution in [0.2, 0.25) is 0 Å². The second-order valence-corrected chi connectivity index (χ2v) is 2.86. The van der Waals surface area contributed by atoms with Crippen LogP contribution in [0.4, 0.5) is 4.39 Å². The summed E-state index contributed by atoms with van der Waals surface area (Å²) in [6.45, 7) is 3.02. The molecule has 13 heavy (non-hydrogen) atoms. The van der Waals surface area contributed by atoms with Crippen molar-refractivity contribution in [2.45, 2.75) is 13.8 Å². The smallest absolute Gasteiger partial charge is 0.160 e. The highest BCUT2D eigenvalue weighted by Crippen LogP contribution is 2.14. The SMILES string of the molecule is CC(=O)c1cc(C=O)c(F)cc1C. The molecule has 0 N–H and O–H groups in total. The van der Waals surface area contributed by atoms with Gasteiger partial charge in [0.1, 0.15) is 5.82 Å². The van der Waals surface area contributed by atoms with Crippen molar-refractivity contribution in [3.8, 4) is 0 Å². The third-order valence-electron chi connectivity index (χ3n) is 1.85. The number of ketones is 1. The molecule has 0 radical (unpaired) electrons. The van der Waals surface area contributed by atoms with E-state index in [2.05, 4.69) is 0 Å². The molecule has 0 atom stereocenters. The van der Waals surface area contributed by atoms with Crippen molar-refractivity contribution < 1.29 is 14.0 Å². The molecule has 0 bridgehead atoms. The van der Waals surface area contributed by atoms with E-state index in [4.69, 9.17) is 0 Å². The molecule has 0 aromatic heterocycles. The molecule has 0 saturated carbocycles. The van der Waals surface area contributed by atoms with Crippen molar-refractivity contribution in [1.82, 2.24) is 0 Å². The normalized spacial score (nSPS) is 9.77. The molecule has 0 unspecified atom stereocenters. The molecule has 2 nitrogen and oxygen atoms in total. The summed E-state index contributed by atoms with van der Waals surface area (Å²) in [4.78, 5) is 21.4. The standard InChI is InChI=1S/C10H9FO2/c1-6-3-10(11)8(5-12)4-9(6)7(2)13/h3-5H,1-2H3. The Hall–Kier alpha value is -1.51. The van der Waals surface area contributed by atoms with Crippen LogP contribution in [-0.2, 0) is 0 Å². The molecule has 0 heterocycles. The zero-order valence-corrected chi connectivity index (χ0v) is 7.43. The van der Waals surface area contributed by atoms with Crippen LogP contribution in [0.1, 0.15) is 33.2 Å². The zero-order valence-electron chi connectivity index (χ0n) is 7.43. The Labute approximate surface area is 75.4 Å². The predicted octanol–water partition coefficient (Wildman–Crippen LogP) is 2.15. The van der Waals surface area contributed by atoms with Gasteiger partial charge in [-0.2, -0.15) is 0 Å². The van der Waals surface area contributed by atoms with Crippen LogP contribution in [0.15, 0.2) is 12.1 Å². The Balaban J connectivity index is 3.38. The molecule has 1 aromatic carbocycles. The van der Waals surface area contributed by atoms with E-state index in [1.165, 1.54) is 19.1 Å². The lowest BCUT2D eigenvalue weighted by Crippen LogP contribution is -2.00. The summed E-state index contributed by atoms with van der Waals surface area (Å²) >= 11 is 0. The summed E-state index contributed by atoms with van der Waals surface area (Å²) in [7, 11) is 0. The topological polar surface area (TPSA) is 34.1 Å². The van der Waals surface area contributed by atoms with E-state index in [0.29, 0.717) is 17.4 Å². The highest BCUT2D eigenvalue weighted by molar-refractivity contribution is 5.97. The molecule has 1 aromatic rings. The number of hydrogen-bond donors (Lipinski definition) is 0. The lowest BCUT2D eigenvalue weighted by molar-refractivity contribution is 0.101. The number of aryl methyl sites for hydroxylation is 1. The van der Waals surface area contributed by atoms with Gasteiger partial charge < -0.3 is 0 Å². The van der Waals surface area contributed by atoms with Gasteiger partial charge in [-0.05, 0) is 31.5 Å². The predicted molar refractivity (Wildman–Crippen MR) is 46.5 cm³/mol. The molecule has 0 amide bonds. The van der Waals surface area contributed by atoms with E-state index in [0.717, 1.165) is 0 Å². The molecular formula is C10H9FO2. The molecule has 0 aliphatic carbocycles. The van der Waals surface area contributed by atoms with Gasteiger partial charge in [0.2, 0.25) is 0 Å². The first-order valence-electron chi connectivity index (χ1n) is 3.82. The first kappa shape index (κ1) is 9.58. The Morgan fingerprint density at radius 1 is 1.46 bits per heavy atom. The van der Waals surface area contributed by atoms with Gasteiger partial charge in [0, 0.05) is 5.56 Å². The summed E-state index contributed by atoms with van der Waals surface area (Å²) in [5.41, 5.74) is 0.870. The summed E-state index contributed by atoms with van der Waals surface area (Å²) in [5, 5.41) is 0. The molecule has 0 fully saturated rings. The Morgan fingerprint density at radius 2 is 2.08 bits per heavy atom. The third-order valence-corrected chi connectivity index (χ3v) is 1.85. The van der Waals surface area contributed by atoms with Crippen molar-refractivity contribution in [2.24, 2.45) is 0 Å². The quantitative estimate of drug-likeness (QED) is 0.516. The van der Waals surface area contributed by atoms with E-state index < -0.39 is 5.82 Å². The van der Waals surface area contributed by atoms with Crippen molar-refractivity contribution >= 4 is 12.1 Å². The van der Waals surface area contributed by atoms with Crippen LogP contribution in [0.3, 0.4) is 0 Å². The third kappa shape index (κ3) is 1.80. The van der Waals surface area contributed by atoms with Crippen LogP contribution in [0.25, 0.3) is 0 Å². The van der Waals surface area contributed by atoms with Crippen LogP contribution in [-0.4, -0.2) is 12.1 Å². The number of rotatable bonds is 2. The molecule has 0 saturated heterocycles. The Kier molecular flexibility index (Phi) is 2.56. The van der Waals surface area contributed by atoms with Crippen molar-refractivity contribution in [1.29, 1.82) is 0 Å². The fraction of sp³-hybridized carbons (Fsp3) is 0.200. The van der Waals surface area contributed by atoms with E-state index in [-0.39, 0.29) is 11.3 Å². The van der Waals surface area contributed by atoms with Gasteiger partial charge in [-0.3, -0.25) is 9.59 Å². The van der Waals surface area contributed by atoms with Crippen molar-refractivity contribution in [2.75, 3.05) is 0 Å². The monoisotopic (exact) mass is 180 g/mol. The number of hydrogen-bond acceptors (Lipinski definition) is 2. The highest BCUT2D eigenvalue weighted by atomic mass is 19.1. The molecular weight excluding hydrogens is 171 g/mol. The van der Waals surface area contributed by atoms with Crippen LogP contribution in [0.5, 0.6) is 0 Å². The van der Waals surface area contributed by atoms with E-state index in [1.54, 1.807) is 6.92 Å². The number of halogens is 1. The summed E-state index contributed by atoms with van der Waals surface area (Å²) in [5.74, 6) is -0.752. The van der Waals surface area contributed by atoms with Crippen molar-refractivity contribution in [3.05, 3.63) is 34.6 Å². The Morgan fingerprint density at radius 3 is 2.54 bits per heavy atom. The van der Waals surface area contributed by atoms with Crippen LogP contribution >= 0.6 is 0 Å². The minimum Gasteiger partial charge on any atom is -0.298 e. The molecule has 1 rings (SSSR count). The van der Waals surface area contributed by atoms with Gasteiger partial charge in [-0.15, -0.1) is 0 Å². The number of benzene rings is 1. The van der Waals surface area contributed by atoms with Gasteiger partial charge >= 0.3 is 0 Å². The van der Waals surface area contributed by atoms with Crippen LogP contribution in [0, 0.1) is 12.7 Å². The van der Waals surface area contributed by atoms with Crippen LogP contribution < -0.4 is 0 Å². The summed E-state index contributed by atoms with van der Waals surface area (Å²) in [6.07, 6.45) is 0.404. The van der Waals surface area contributed by atoms with Gasteiger partial charge in [0.25, 0.3) is 0 Å². The molecule has 0 spiro atoms. The second kappa shape index (κ2) is 3.47. The van der Waals surface area contributed by atoms with Gasteiger partial charge in [0.15, 0.2) is 12.1 Å². The fourth-order valence-electron chi connectivity index (χ4n) is 1.16. The summed E-state index contributed by atoms with van der Waals surface area (Å²) in [6, 6.07) is 2.47. The first-order valence-corrected chi connectivity index (χ1v) is 3.82. The van der Waals surface area contributed by atoms with E-state index >= 15 is 0 Å². The summed E-state index contributed by atoms with van der Waals surface area (Å²) < 4.78 is 13.0. The van der Waals surface area contributed by atoms with Gasteiger partial charge in [-0.1, -0.05) is 0 Å². The molecule has 68 valence electrons.